The van der Waals surface area contributed by atoms with E-state index in [1.807, 2.05) is 6.07 Å². The third-order valence-electron chi connectivity index (χ3n) is 6.45. The first kappa shape index (κ1) is 21.4. The molecule has 0 N–H and O–H groups in total. The molecule has 2 aliphatic heterocycles. The van der Waals surface area contributed by atoms with Gasteiger partial charge in [-0.15, -0.1) is 0 Å². The van der Waals surface area contributed by atoms with Gasteiger partial charge in [0.25, 0.3) is 5.91 Å². The quantitative estimate of drug-likeness (QED) is 0.504. The topological polar surface area (TPSA) is 63.7 Å². The summed E-state index contributed by atoms with van der Waals surface area (Å²) in [7, 11) is 0. The molecule has 5 rings (SSSR count). The molecule has 33 heavy (non-hydrogen) atoms. The van der Waals surface area contributed by atoms with Crippen molar-refractivity contribution in [2.75, 3.05) is 13.1 Å². The van der Waals surface area contributed by atoms with Gasteiger partial charge >= 0.3 is 0 Å². The Morgan fingerprint density at radius 1 is 0.879 bits per heavy atom. The molecule has 0 radical (unpaired) electrons. The summed E-state index contributed by atoms with van der Waals surface area (Å²) in [4.78, 5) is 40.9. The molecule has 0 bridgehead atoms. The number of piperidine rings is 1. The van der Waals surface area contributed by atoms with Crippen LogP contribution in [0.4, 0.5) is 0 Å². The van der Waals surface area contributed by atoms with Crippen molar-refractivity contribution >= 4 is 29.1 Å². The molecule has 166 valence electrons. The van der Waals surface area contributed by atoms with Crippen molar-refractivity contribution in [2.45, 2.75) is 24.9 Å². The SMILES string of the molecule is O=C1CC2(CCN(C(=O)c3ccccc3C(=O)c3ccccc3)CC2)Oc2ccc(Cl)cc21. The van der Waals surface area contributed by atoms with Gasteiger partial charge in [0, 0.05) is 42.1 Å². The molecule has 1 fully saturated rings. The van der Waals surface area contributed by atoms with E-state index in [1.165, 1.54) is 0 Å². The Kier molecular flexibility index (Phi) is 5.51. The Balaban J connectivity index is 1.34. The third kappa shape index (κ3) is 4.05. The fourth-order valence-electron chi connectivity index (χ4n) is 4.65. The standard InChI is InChI=1S/C27H22ClNO4/c28-19-10-11-24-22(16-19)23(30)17-27(33-24)12-14-29(15-13-27)26(32)21-9-5-4-8-20(21)25(31)18-6-2-1-3-7-18/h1-11,16H,12-15,17H2. The van der Waals surface area contributed by atoms with Gasteiger partial charge in [-0.05, 0) is 24.3 Å². The van der Waals surface area contributed by atoms with Crippen LogP contribution in [0.5, 0.6) is 5.75 Å². The number of benzene rings is 3. The monoisotopic (exact) mass is 459 g/mol. The lowest BCUT2D eigenvalue weighted by Gasteiger charge is -2.44. The lowest BCUT2D eigenvalue weighted by Crippen LogP contribution is -2.52. The van der Waals surface area contributed by atoms with Gasteiger partial charge in [-0.1, -0.05) is 60.1 Å². The predicted octanol–water partition coefficient (Wildman–Crippen LogP) is 5.21. The van der Waals surface area contributed by atoms with Gasteiger partial charge in [0.15, 0.2) is 11.6 Å². The number of amides is 1. The number of carbonyl (C=O) groups is 3. The Morgan fingerprint density at radius 3 is 2.27 bits per heavy atom. The Hall–Kier alpha value is -3.44. The summed E-state index contributed by atoms with van der Waals surface area (Å²) in [5.74, 6) is 0.204. The number of fused-ring (bicyclic) bond motifs is 1. The highest BCUT2D eigenvalue weighted by molar-refractivity contribution is 6.31. The van der Waals surface area contributed by atoms with Crippen LogP contribution >= 0.6 is 11.6 Å². The maximum atomic E-state index is 13.4. The summed E-state index contributed by atoms with van der Waals surface area (Å²) in [5, 5.41) is 0.505. The first-order valence-corrected chi connectivity index (χ1v) is 11.3. The van der Waals surface area contributed by atoms with Crippen molar-refractivity contribution in [3.63, 3.8) is 0 Å². The average Bonchev–Trinajstić information content (AvgIpc) is 2.85. The predicted molar refractivity (Wildman–Crippen MR) is 125 cm³/mol. The van der Waals surface area contributed by atoms with E-state index in [0.717, 1.165) is 0 Å². The molecule has 6 heteroatoms. The zero-order chi connectivity index (χ0) is 23.0. The molecule has 0 aliphatic carbocycles. The van der Waals surface area contributed by atoms with E-state index < -0.39 is 5.60 Å². The van der Waals surface area contributed by atoms with Crippen LogP contribution in [0.15, 0.2) is 72.8 Å². The molecule has 3 aromatic carbocycles. The molecule has 0 aromatic heterocycles. The van der Waals surface area contributed by atoms with Gasteiger partial charge < -0.3 is 9.64 Å². The number of Topliss-reactive ketones (excluding diaryl/α,β-unsaturated/α-hetero) is 1. The molecule has 2 aliphatic rings. The lowest BCUT2D eigenvalue weighted by molar-refractivity contribution is -0.00574. The van der Waals surface area contributed by atoms with Gasteiger partial charge in [-0.25, -0.2) is 0 Å². The van der Waals surface area contributed by atoms with E-state index in [0.29, 0.717) is 59.0 Å². The van der Waals surface area contributed by atoms with Crippen molar-refractivity contribution < 1.29 is 19.1 Å². The highest BCUT2D eigenvalue weighted by atomic mass is 35.5. The van der Waals surface area contributed by atoms with E-state index in [-0.39, 0.29) is 23.9 Å². The molecule has 1 saturated heterocycles. The number of ether oxygens (including phenoxy) is 1. The summed E-state index contributed by atoms with van der Waals surface area (Å²) in [5.41, 5.74) is 1.23. The van der Waals surface area contributed by atoms with E-state index in [1.54, 1.807) is 71.6 Å². The molecule has 3 aromatic rings. The van der Waals surface area contributed by atoms with Gasteiger partial charge in [-0.3, -0.25) is 14.4 Å². The first-order valence-electron chi connectivity index (χ1n) is 11.0. The second kappa shape index (κ2) is 8.49. The van der Waals surface area contributed by atoms with Crippen LogP contribution in [-0.2, 0) is 0 Å². The summed E-state index contributed by atoms with van der Waals surface area (Å²) < 4.78 is 6.27. The van der Waals surface area contributed by atoms with Crippen molar-refractivity contribution in [2.24, 2.45) is 0 Å². The Morgan fingerprint density at radius 2 is 1.55 bits per heavy atom. The van der Waals surface area contributed by atoms with Gasteiger partial charge in [-0.2, -0.15) is 0 Å². The fourth-order valence-corrected chi connectivity index (χ4v) is 4.82. The Labute approximate surface area is 196 Å². The minimum Gasteiger partial charge on any atom is -0.486 e. The largest absolute Gasteiger partial charge is 0.486 e. The molecule has 0 saturated carbocycles. The number of halogens is 1. The molecular weight excluding hydrogens is 438 g/mol. The second-order valence-electron chi connectivity index (χ2n) is 8.56. The molecule has 0 atom stereocenters. The van der Waals surface area contributed by atoms with Crippen LogP contribution in [0, 0.1) is 0 Å². The molecule has 5 nitrogen and oxygen atoms in total. The van der Waals surface area contributed by atoms with E-state index in [2.05, 4.69) is 0 Å². The van der Waals surface area contributed by atoms with Crippen molar-refractivity contribution in [3.05, 3.63) is 100 Å². The summed E-state index contributed by atoms with van der Waals surface area (Å²) >= 11 is 6.03. The number of carbonyl (C=O) groups excluding carboxylic acids is 3. The van der Waals surface area contributed by atoms with Crippen LogP contribution in [0.25, 0.3) is 0 Å². The van der Waals surface area contributed by atoms with Gasteiger partial charge in [0.1, 0.15) is 11.4 Å². The number of nitrogens with zero attached hydrogens (tertiary/aromatic N) is 1. The maximum absolute atomic E-state index is 13.4. The minimum absolute atomic E-state index is 0.0114. The lowest BCUT2D eigenvalue weighted by atomic mass is 9.82. The van der Waals surface area contributed by atoms with Crippen LogP contribution < -0.4 is 4.74 Å². The number of ketones is 2. The summed E-state index contributed by atoms with van der Waals surface area (Å²) in [6, 6.07) is 21.0. The molecule has 1 amide bonds. The minimum atomic E-state index is -0.617. The normalized spacial score (nSPS) is 16.8. The van der Waals surface area contributed by atoms with E-state index in [4.69, 9.17) is 16.3 Å². The van der Waals surface area contributed by atoms with E-state index >= 15 is 0 Å². The average molecular weight is 460 g/mol. The van der Waals surface area contributed by atoms with Crippen LogP contribution in [0.1, 0.15) is 55.9 Å². The zero-order valence-corrected chi connectivity index (χ0v) is 18.7. The van der Waals surface area contributed by atoms with Gasteiger partial charge in [0.2, 0.25) is 0 Å². The highest BCUT2D eigenvalue weighted by Gasteiger charge is 2.44. The second-order valence-corrected chi connectivity index (χ2v) is 8.99. The Bertz CT molecular complexity index is 1250. The number of rotatable bonds is 3. The first-order chi connectivity index (χ1) is 16.0. The van der Waals surface area contributed by atoms with Crippen LogP contribution in [0.2, 0.25) is 5.02 Å². The fraction of sp³-hybridized carbons (Fsp3) is 0.222. The molecule has 1 spiro atoms. The maximum Gasteiger partial charge on any atom is 0.254 e. The van der Waals surface area contributed by atoms with Gasteiger partial charge in [0.05, 0.1) is 17.5 Å². The summed E-state index contributed by atoms with van der Waals surface area (Å²) in [6.45, 7) is 0.895. The molecule has 2 heterocycles. The van der Waals surface area contributed by atoms with E-state index in [9.17, 15) is 14.4 Å². The summed E-state index contributed by atoms with van der Waals surface area (Å²) in [6.07, 6.45) is 1.36. The van der Waals surface area contributed by atoms with Crippen LogP contribution in [-0.4, -0.2) is 41.1 Å². The molecular formula is C27H22ClNO4. The van der Waals surface area contributed by atoms with Crippen molar-refractivity contribution in [1.29, 1.82) is 0 Å². The number of hydrogen-bond donors (Lipinski definition) is 0. The number of hydrogen-bond acceptors (Lipinski definition) is 4. The van der Waals surface area contributed by atoms with Crippen LogP contribution in [0.3, 0.4) is 0 Å². The molecule has 0 unspecified atom stereocenters. The van der Waals surface area contributed by atoms with Crippen molar-refractivity contribution in [3.8, 4) is 5.75 Å². The van der Waals surface area contributed by atoms with Crippen molar-refractivity contribution in [1.82, 2.24) is 4.90 Å². The third-order valence-corrected chi connectivity index (χ3v) is 6.69. The smallest absolute Gasteiger partial charge is 0.254 e. The number of likely N-dealkylation sites (tertiary alicyclic amines) is 1. The highest BCUT2D eigenvalue weighted by Crippen LogP contribution is 2.40. The zero-order valence-electron chi connectivity index (χ0n) is 17.9.